The third-order valence-electron chi connectivity index (χ3n) is 2.17. The van der Waals surface area contributed by atoms with E-state index in [1.54, 1.807) is 0 Å². The molecule has 0 spiro atoms. The molecule has 15 heavy (non-hydrogen) atoms. The van der Waals surface area contributed by atoms with Crippen LogP contribution in [0.1, 0.15) is 18.1 Å². The van der Waals surface area contributed by atoms with Crippen LogP contribution in [-0.4, -0.2) is 30.6 Å². The highest BCUT2D eigenvalue weighted by Gasteiger charge is 2.13. The number of hydrogen-bond donors (Lipinski definition) is 1. The van der Waals surface area contributed by atoms with E-state index >= 15 is 0 Å². The molecule has 0 heterocycles. The van der Waals surface area contributed by atoms with Crippen LogP contribution in [0.4, 0.5) is 8.78 Å². The minimum Gasteiger partial charge on any atom is -0.388 e. The highest BCUT2D eigenvalue weighted by molar-refractivity contribution is 5.20. The summed E-state index contributed by atoms with van der Waals surface area (Å²) < 4.78 is 26.0. The van der Waals surface area contributed by atoms with Crippen LogP contribution in [0.2, 0.25) is 0 Å². The van der Waals surface area contributed by atoms with E-state index in [-0.39, 0.29) is 5.56 Å². The van der Waals surface area contributed by atoms with Crippen LogP contribution in [0.5, 0.6) is 0 Å². The zero-order valence-corrected chi connectivity index (χ0v) is 8.87. The molecular formula is C11H15F2NO. The van der Waals surface area contributed by atoms with E-state index in [2.05, 4.69) is 0 Å². The van der Waals surface area contributed by atoms with E-state index in [9.17, 15) is 13.9 Å². The van der Waals surface area contributed by atoms with Gasteiger partial charge in [-0.15, -0.1) is 0 Å². The van der Waals surface area contributed by atoms with Crippen molar-refractivity contribution in [2.45, 2.75) is 12.5 Å². The lowest BCUT2D eigenvalue weighted by atomic mass is 10.1. The third-order valence-corrected chi connectivity index (χ3v) is 2.17. The molecule has 84 valence electrons. The van der Waals surface area contributed by atoms with Gasteiger partial charge >= 0.3 is 0 Å². The van der Waals surface area contributed by atoms with Crippen molar-refractivity contribution >= 4 is 0 Å². The number of nitrogens with zero attached hydrogens (tertiary/aromatic N) is 1. The molecule has 0 radical (unpaired) electrons. The second-order valence-corrected chi connectivity index (χ2v) is 3.77. The average Bonchev–Trinajstić information content (AvgIpc) is 2.18. The third kappa shape index (κ3) is 3.57. The maximum absolute atomic E-state index is 13.2. The molecule has 0 aliphatic carbocycles. The molecule has 0 fully saturated rings. The van der Waals surface area contributed by atoms with Gasteiger partial charge in [-0.3, -0.25) is 0 Å². The molecule has 0 saturated carbocycles. The largest absolute Gasteiger partial charge is 0.388 e. The molecule has 1 atom stereocenters. The summed E-state index contributed by atoms with van der Waals surface area (Å²) in [5.74, 6) is -1.10. The predicted molar refractivity (Wildman–Crippen MR) is 54.5 cm³/mol. The molecule has 1 rings (SSSR count). The fourth-order valence-electron chi connectivity index (χ4n) is 1.31. The van der Waals surface area contributed by atoms with Crippen molar-refractivity contribution in [3.8, 4) is 0 Å². The van der Waals surface area contributed by atoms with E-state index in [4.69, 9.17) is 0 Å². The van der Waals surface area contributed by atoms with Gasteiger partial charge < -0.3 is 10.0 Å². The average molecular weight is 215 g/mol. The Balaban J connectivity index is 2.72. The molecule has 1 N–H and O–H groups in total. The van der Waals surface area contributed by atoms with Gasteiger partial charge in [-0.1, -0.05) is 0 Å². The molecule has 2 nitrogen and oxygen atoms in total. The van der Waals surface area contributed by atoms with Crippen LogP contribution >= 0.6 is 0 Å². The predicted octanol–water partition coefficient (Wildman–Crippen LogP) is 1.95. The van der Waals surface area contributed by atoms with Crippen molar-refractivity contribution in [3.05, 3.63) is 35.4 Å². The van der Waals surface area contributed by atoms with Crippen molar-refractivity contribution < 1.29 is 13.9 Å². The number of rotatable bonds is 4. The Morgan fingerprint density at radius 1 is 1.33 bits per heavy atom. The second kappa shape index (κ2) is 5.19. The number of aliphatic hydroxyl groups is 1. The van der Waals surface area contributed by atoms with Gasteiger partial charge in [-0.2, -0.15) is 0 Å². The Morgan fingerprint density at radius 2 is 2.00 bits per heavy atom. The molecule has 1 unspecified atom stereocenters. The van der Waals surface area contributed by atoms with Gasteiger partial charge in [0.2, 0.25) is 0 Å². The van der Waals surface area contributed by atoms with E-state index in [0.717, 1.165) is 18.2 Å². The molecule has 4 heteroatoms. The summed E-state index contributed by atoms with van der Waals surface area (Å²) in [6, 6.07) is 3.11. The smallest absolute Gasteiger partial charge is 0.129 e. The van der Waals surface area contributed by atoms with Gasteiger partial charge in [0.15, 0.2) is 0 Å². The Kier molecular flexibility index (Phi) is 4.17. The summed E-state index contributed by atoms with van der Waals surface area (Å²) in [5.41, 5.74) is 0.0249. The first kappa shape index (κ1) is 12.1. The van der Waals surface area contributed by atoms with E-state index in [1.165, 1.54) is 0 Å². The lowest BCUT2D eigenvalue weighted by molar-refractivity contribution is 0.149. The quantitative estimate of drug-likeness (QED) is 0.829. The van der Waals surface area contributed by atoms with Gasteiger partial charge in [0.1, 0.15) is 11.6 Å². The Bertz CT molecular complexity index is 328. The highest BCUT2D eigenvalue weighted by Crippen LogP contribution is 2.20. The van der Waals surface area contributed by atoms with Crippen LogP contribution in [0.3, 0.4) is 0 Å². The number of hydrogen-bond acceptors (Lipinski definition) is 2. The fourth-order valence-corrected chi connectivity index (χ4v) is 1.31. The van der Waals surface area contributed by atoms with Gasteiger partial charge in [0.25, 0.3) is 0 Å². The standard InChI is InChI=1S/C11H15F2NO/c1-14(2)6-5-11(15)9-7-8(12)3-4-10(9)13/h3-4,7,11,15H,5-6H2,1-2H3. The maximum atomic E-state index is 13.2. The lowest BCUT2D eigenvalue weighted by Crippen LogP contribution is -2.16. The molecule has 0 aliphatic heterocycles. The fraction of sp³-hybridized carbons (Fsp3) is 0.455. The summed E-state index contributed by atoms with van der Waals surface area (Å²) in [4.78, 5) is 1.88. The summed E-state index contributed by atoms with van der Waals surface area (Å²) >= 11 is 0. The topological polar surface area (TPSA) is 23.5 Å². The Labute approximate surface area is 88.1 Å². The molecule has 0 aromatic heterocycles. The van der Waals surface area contributed by atoms with E-state index in [0.29, 0.717) is 13.0 Å². The first-order valence-electron chi connectivity index (χ1n) is 4.78. The Hall–Kier alpha value is -1.00. The molecule has 1 aromatic carbocycles. The van der Waals surface area contributed by atoms with Crippen molar-refractivity contribution in [1.29, 1.82) is 0 Å². The van der Waals surface area contributed by atoms with Crippen molar-refractivity contribution in [3.63, 3.8) is 0 Å². The normalized spacial score (nSPS) is 13.2. The summed E-state index contributed by atoms with van der Waals surface area (Å²) in [7, 11) is 3.71. The van der Waals surface area contributed by atoms with Crippen molar-refractivity contribution in [2.24, 2.45) is 0 Å². The molecular weight excluding hydrogens is 200 g/mol. The molecule has 0 aliphatic rings. The highest BCUT2D eigenvalue weighted by atomic mass is 19.1. The lowest BCUT2D eigenvalue weighted by Gasteiger charge is -2.15. The molecule has 0 amide bonds. The number of halogens is 2. The van der Waals surface area contributed by atoms with E-state index in [1.807, 2.05) is 19.0 Å². The van der Waals surface area contributed by atoms with Gasteiger partial charge in [-0.05, 0) is 38.7 Å². The molecule has 1 aromatic rings. The van der Waals surface area contributed by atoms with Gasteiger partial charge in [-0.25, -0.2) is 8.78 Å². The minimum atomic E-state index is -0.955. The summed E-state index contributed by atoms with van der Waals surface area (Å²) in [6.07, 6.45) is -0.573. The van der Waals surface area contributed by atoms with Crippen molar-refractivity contribution in [2.75, 3.05) is 20.6 Å². The minimum absolute atomic E-state index is 0.0249. The second-order valence-electron chi connectivity index (χ2n) is 3.77. The molecule has 0 saturated heterocycles. The monoisotopic (exact) mass is 215 g/mol. The number of aliphatic hydroxyl groups excluding tert-OH is 1. The first-order valence-corrected chi connectivity index (χ1v) is 4.78. The first-order chi connectivity index (χ1) is 7.00. The van der Waals surface area contributed by atoms with Crippen molar-refractivity contribution in [1.82, 2.24) is 4.90 Å². The molecule has 0 bridgehead atoms. The van der Waals surface area contributed by atoms with Crippen LogP contribution in [0.15, 0.2) is 18.2 Å². The number of benzene rings is 1. The Morgan fingerprint density at radius 3 is 2.60 bits per heavy atom. The van der Waals surface area contributed by atoms with Crippen LogP contribution in [0.25, 0.3) is 0 Å². The van der Waals surface area contributed by atoms with Crippen LogP contribution in [0, 0.1) is 11.6 Å². The van der Waals surface area contributed by atoms with E-state index < -0.39 is 17.7 Å². The SMILES string of the molecule is CN(C)CCC(O)c1cc(F)ccc1F. The summed E-state index contributed by atoms with van der Waals surface area (Å²) in [6.45, 7) is 0.622. The van der Waals surface area contributed by atoms with Gasteiger partial charge in [0, 0.05) is 12.1 Å². The van der Waals surface area contributed by atoms with Gasteiger partial charge in [0.05, 0.1) is 6.10 Å². The van der Waals surface area contributed by atoms with Crippen LogP contribution < -0.4 is 0 Å². The zero-order valence-electron chi connectivity index (χ0n) is 8.87. The zero-order chi connectivity index (χ0) is 11.4. The summed E-state index contributed by atoms with van der Waals surface area (Å²) in [5, 5.41) is 9.64. The van der Waals surface area contributed by atoms with Crippen LogP contribution in [-0.2, 0) is 0 Å². The maximum Gasteiger partial charge on any atom is 0.129 e.